The number of nitriles is 1. The van der Waals surface area contributed by atoms with E-state index in [0.29, 0.717) is 18.6 Å². The van der Waals surface area contributed by atoms with Gasteiger partial charge in [-0.2, -0.15) is 5.26 Å². The van der Waals surface area contributed by atoms with Gasteiger partial charge in [0.2, 0.25) is 0 Å². The van der Waals surface area contributed by atoms with Crippen LogP contribution in [0.4, 0.5) is 0 Å². The Morgan fingerprint density at radius 1 is 1.55 bits per heavy atom. The minimum atomic E-state index is -2.86. The molecular weight excluding hydrogens is 274 g/mol. The number of nitrogens with one attached hydrogen (secondary N) is 1. The smallest absolute Gasteiger partial charge is 0.151 e. The van der Waals surface area contributed by atoms with Crippen molar-refractivity contribution in [2.75, 3.05) is 25.1 Å². The van der Waals surface area contributed by atoms with E-state index in [1.807, 2.05) is 14.0 Å². The van der Waals surface area contributed by atoms with Crippen LogP contribution in [0.3, 0.4) is 0 Å². The fourth-order valence-electron chi connectivity index (χ4n) is 2.75. The van der Waals surface area contributed by atoms with Crippen molar-refractivity contribution in [2.24, 2.45) is 0 Å². The van der Waals surface area contributed by atoms with E-state index < -0.39 is 15.4 Å². The second-order valence-corrected chi connectivity index (χ2v) is 8.37. The highest BCUT2D eigenvalue weighted by atomic mass is 32.2. The van der Waals surface area contributed by atoms with Gasteiger partial charge in [-0.1, -0.05) is 6.92 Å². The maximum atomic E-state index is 11.6. The summed E-state index contributed by atoms with van der Waals surface area (Å²) >= 11 is 0. The lowest BCUT2D eigenvalue weighted by Crippen LogP contribution is -2.49. The Hall–Kier alpha value is -0.640. The van der Waals surface area contributed by atoms with Gasteiger partial charge in [-0.05, 0) is 46.7 Å². The standard InChI is InChI=1S/C14H27N3O2S/c1-5-7-16-14(3,11-15)9-12(2)17(4)13-6-8-20(18,19)10-13/h12-13,16H,5-10H2,1-4H3. The molecule has 20 heavy (non-hydrogen) atoms. The lowest BCUT2D eigenvalue weighted by molar-refractivity contribution is 0.169. The van der Waals surface area contributed by atoms with Crippen LogP contribution in [-0.2, 0) is 9.84 Å². The van der Waals surface area contributed by atoms with Gasteiger partial charge in [-0.25, -0.2) is 8.42 Å². The Labute approximate surface area is 123 Å². The maximum absolute atomic E-state index is 11.6. The third kappa shape index (κ3) is 4.72. The fraction of sp³-hybridized carbons (Fsp3) is 0.929. The highest BCUT2D eigenvalue weighted by Crippen LogP contribution is 2.22. The molecule has 1 N–H and O–H groups in total. The summed E-state index contributed by atoms with van der Waals surface area (Å²) in [5, 5.41) is 12.6. The van der Waals surface area contributed by atoms with Crippen molar-refractivity contribution in [3.8, 4) is 6.07 Å². The first-order valence-corrected chi connectivity index (χ1v) is 9.14. The van der Waals surface area contributed by atoms with E-state index >= 15 is 0 Å². The Kier molecular flexibility index (Phi) is 5.99. The van der Waals surface area contributed by atoms with Crippen molar-refractivity contribution in [1.29, 1.82) is 5.26 Å². The molecule has 1 saturated heterocycles. The molecule has 1 rings (SSSR count). The molecule has 0 bridgehead atoms. The van der Waals surface area contributed by atoms with Gasteiger partial charge in [0.15, 0.2) is 9.84 Å². The number of hydrogen-bond acceptors (Lipinski definition) is 5. The summed E-state index contributed by atoms with van der Waals surface area (Å²) in [5.74, 6) is 0.540. The average molecular weight is 301 g/mol. The predicted molar refractivity (Wildman–Crippen MR) is 81.2 cm³/mol. The summed E-state index contributed by atoms with van der Waals surface area (Å²) in [6.45, 7) is 6.87. The molecule has 0 aromatic heterocycles. The summed E-state index contributed by atoms with van der Waals surface area (Å²) in [4.78, 5) is 2.12. The van der Waals surface area contributed by atoms with E-state index in [9.17, 15) is 13.7 Å². The van der Waals surface area contributed by atoms with Crippen molar-refractivity contribution in [3.63, 3.8) is 0 Å². The molecule has 6 heteroatoms. The minimum Gasteiger partial charge on any atom is -0.300 e. The predicted octanol–water partition coefficient (Wildman–Crippen LogP) is 1.17. The van der Waals surface area contributed by atoms with E-state index in [-0.39, 0.29) is 17.8 Å². The van der Waals surface area contributed by atoms with Crippen LogP contribution in [0.5, 0.6) is 0 Å². The van der Waals surface area contributed by atoms with Crippen LogP contribution in [0, 0.1) is 11.3 Å². The zero-order valence-corrected chi connectivity index (χ0v) is 13.8. The molecule has 0 aliphatic carbocycles. The van der Waals surface area contributed by atoms with Gasteiger partial charge in [-0.3, -0.25) is 10.2 Å². The zero-order chi connectivity index (χ0) is 15.4. The molecule has 0 saturated carbocycles. The van der Waals surface area contributed by atoms with Crippen LogP contribution < -0.4 is 5.32 Å². The molecule has 0 spiro atoms. The van der Waals surface area contributed by atoms with E-state index in [4.69, 9.17) is 0 Å². The Bertz CT molecular complexity index is 458. The Morgan fingerprint density at radius 3 is 2.65 bits per heavy atom. The summed E-state index contributed by atoms with van der Waals surface area (Å²) < 4.78 is 23.1. The van der Waals surface area contributed by atoms with Crippen LogP contribution in [-0.4, -0.2) is 56.0 Å². The number of rotatable bonds is 7. The first kappa shape index (κ1) is 17.4. The topological polar surface area (TPSA) is 73.2 Å². The van der Waals surface area contributed by atoms with E-state index in [1.54, 1.807) is 0 Å². The molecule has 116 valence electrons. The molecule has 1 aliphatic heterocycles. The average Bonchev–Trinajstić information content (AvgIpc) is 2.75. The third-order valence-electron chi connectivity index (χ3n) is 4.20. The summed E-state index contributed by atoms with van der Waals surface area (Å²) in [5.41, 5.74) is -0.554. The molecule has 3 atom stereocenters. The molecule has 0 aromatic carbocycles. The second kappa shape index (κ2) is 6.88. The molecule has 0 radical (unpaired) electrons. The molecule has 1 aliphatic rings. The molecule has 1 heterocycles. The first-order chi connectivity index (χ1) is 9.23. The second-order valence-electron chi connectivity index (χ2n) is 6.15. The van der Waals surface area contributed by atoms with Crippen LogP contribution in [0.2, 0.25) is 0 Å². The van der Waals surface area contributed by atoms with Gasteiger partial charge in [0.05, 0.1) is 17.6 Å². The Morgan fingerprint density at radius 2 is 2.20 bits per heavy atom. The van der Waals surface area contributed by atoms with Gasteiger partial charge in [0.25, 0.3) is 0 Å². The van der Waals surface area contributed by atoms with E-state index in [0.717, 1.165) is 13.0 Å². The molecule has 3 unspecified atom stereocenters. The van der Waals surface area contributed by atoms with Crippen molar-refractivity contribution >= 4 is 9.84 Å². The SMILES string of the molecule is CCCNC(C)(C#N)CC(C)N(C)C1CCS(=O)(=O)C1. The maximum Gasteiger partial charge on any atom is 0.151 e. The van der Waals surface area contributed by atoms with Crippen LogP contribution in [0.25, 0.3) is 0 Å². The monoisotopic (exact) mass is 301 g/mol. The van der Waals surface area contributed by atoms with Crippen LogP contribution >= 0.6 is 0 Å². The molecule has 0 amide bonds. The highest BCUT2D eigenvalue weighted by molar-refractivity contribution is 7.91. The third-order valence-corrected chi connectivity index (χ3v) is 5.95. The zero-order valence-electron chi connectivity index (χ0n) is 13.0. The highest BCUT2D eigenvalue weighted by Gasteiger charge is 2.35. The van der Waals surface area contributed by atoms with Gasteiger partial charge in [0.1, 0.15) is 5.54 Å². The summed E-state index contributed by atoms with van der Waals surface area (Å²) in [6.07, 6.45) is 2.38. The van der Waals surface area contributed by atoms with Crippen molar-refractivity contribution < 1.29 is 8.42 Å². The molecule has 1 fully saturated rings. The van der Waals surface area contributed by atoms with Crippen molar-refractivity contribution in [2.45, 2.75) is 57.7 Å². The molecule has 5 nitrogen and oxygen atoms in total. The van der Waals surface area contributed by atoms with Gasteiger partial charge in [0, 0.05) is 12.1 Å². The Balaban J connectivity index is 2.61. The van der Waals surface area contributed by atoms with Gasteiger partial charge < -0.3 is 0 Å². The number of hydrogen-bond donors (Lipinski definition) is 1. The summed E-state index contributed by atoms with van der Waals surface area (Å²) in [7, 11) is -0.894. The van der Waals surface area contributed by atoms with E-state index in [2.05, 4.69) is 30.1 Å². The quantitative estimate of drug-likeness (QED) is 0.764. The molecular formula is C14H27N3O2S. The lowest BCUT2D eigenvalue weighted by Gasteiger charge is -2.34. The first-order valence-electron chi connectivity index (χ1n) is 7.31. The molecule has 0 aromatic rings. The number of nitrogens with zero attached hydrogens (tertiary/aromatic N) is 2. The summed E-state index contributed by atoms with van der Waals surface area (Å²) in [6, 6.07) is 2.61. The largest absolute Gasteiger partial charge is 0.300 e. The fourth-order valence-corrected chi connectivity index (χ4v) is 4.54. The van der Waals surface area contributed by atoms with Crippen LogP contribution in [0.1, 0.15) is 40.0 Å². The number of sulfone groups is 1. The van der Waals surface area contributed by atoms with Gasteiger partial charge in [-0.15, -0.1) is 0 Å². The van der Waals surface area contributed by atoms with Crippen molar-refractivity contribution in [1.82, 2.24) is 10.2 Å². The van der Waals surface area contributed by atoms with Crippen molar-refractivity contribution in [3.05, 3.63) is 0 Å². The van der Waals surface area contributed by atoms with E-state index in [1.165, 1.54) is 0 Å². The lowest BCUT2D eigenvalue weighted by atomic mass is 9.93. The minimum absolute atomic E-state index is 0.0871. The normalized spacial score (nSPS) is 26.1. The van der Waals surface area contributed by atoms with Crippen LogP contribution in [0.15, 0.2) is 0 Å². The van der Waals surface area contributed by atoms with Gasteiger partial charge >= 0.3 is 0 Å².